The number of hydrogen-bond donors (Lipinski definition) is 2. The predicted octanol–water partition coefficient (Wildman–Crippen LogP) is 3.55. The first-order valence-corrected chi connectivity index (χ1v) is 10.2. The molecule has 1 aliphatic heterocycles. The van der Waals surface area contributed by atoms with Gasteiger partial charge in [0, 0.05) is 30.5 Å². The average Bonchev–Trinajstić information content (AvgIpc) is 3.50. The number of halogens is 1. The SMILES string of the molecule is O=C(Nc1ccc(OCc2cc(C(=O)NC[C@@H]3CCCO3)no2)cc1)c1ccc(F)cc1. The number of ether oxygens (including phenoxy) is 2. The molecule has 4 rings (SSSR count). The van der Waals surface area contributed by atoms with Gasteiger partial charge in [0.25, 0.3) is 11.8 Å². The number of rotatable bonds is 8. The lowest BCUT2D eigenvalue weighted by Crippen LogP contribution is -2.31. The highest BCUT2D eigenvalue weighted by atomic mass is 19.1. The van der Waals surface area contributed by atoms with E-state index in [2.05, 4.69) is 15.8 Å². The van der Waals surface area contributed by atoms with Crippen molar-refractivity contribution < 1.29 is 28.0 Å². The van der Waals surface area contributed by atoms with Gasteiger partial charge in [-0.05, 0) is 61.4 Å². The Morgan fingerprint density at radius 2 is 1.88 bits per heavy atom. The first-order valence-electron chi connectivity index (χ1n) is 10.2. The predicted molar refractivity (Wildman–Crippen MR) is 113 cm³/mol. The van der Waals surface area contributed by atoms with Crippen molar-refractivity contribution >= 4 is 17.5 Å². The molecule has 0 unspecified atom stereocenters. The van der Waals surface area contributed by atoms with E-state index in [4.69, 9.17) is 14.0 Å². The van der Waals surface area contributed by atoms with Gasteiger partial charge in [-0.3, -0.25) is 9.59 Å². The minimum atomic E-state index is -0.402. The average molecular weight is 439 g/mol. The van der Waals surface area contributed by atoms with Gasteiger partial charge in [0.05, 0.1) is 6.10 Å². The molecule has 32 heavy (non-hydrogen) atoms. The van der Waals surface area contributed by atoms with Gasteiger partial charge < -0.3 is 24.6 Å². The lowest BCUT2D eigenvalue weighted by atomic mass is 10.2. The van der Waals surface area contributed by atoms with Crippen LogP contribution in [0.15, 0.2) is 59.1 Å². The van der Waals surface area contributed by atoms with E-state index in [0.717, 1.165) is 19.4 Å². The van der Waals surface area contributed by atoms with Crippen LogP contribution in [-0.2, 0) is 11.3 Å². The van der Waals surface area contributed by atoms with Gasteiger partial charge in [-0.25, -0.2) is 4.39 Å². The van der Waals surface area contributed by atoms with Gasteiger partial charge in [-0.1, -0.05) is 5.16 Å². The van der Waals surface area contributed by atoms with Crippen LogP contribution >= 0.6 is 0 Å². The second kappa shape index (κ2) is 10.1. The Kier molecular flexibility index (Phi) is 6.76. The van der Waals surface area contributed by atoms with Crippen molar-refractivity contribution in [3.05, 3.63) is 77.4 Å². The third kappa shape index (κ3) is 5.70. The van der Waals surface area contributed by atoms with Crippen LogP contribution in [0.3, 0.4) is 0 Å². The third-order valence-corrected chi connectivity index (χ3v) is 4.91. The smallest absolute Gasteiger partial charge is 0.273 e. The second-order valence-electron chi connectivity index (χ2n) is 7.30. The van der Waals surface area contributed by atoms with Crippen LogP contribution < -0.4 is 15.4 Å². The number of hydrogen-bond acceptors (Lipinski definition) is 6. The van der Waals surface area contributed by atoms with E-state index in [1.54, 1.807) is 24.3 Å². The summed E-state index contributed by atoms with van der Waals surface area (Å²) in [6, 6.07) is 13.6. The van der Waals surface area contributed by atoms with Crippen molar-refractivity contribution in [2.75, 3.05) is 18.5 Å². The molecule has 9 heteroatoms. The molecule has 8 nitrogen and oxygen atoms in total. The molecular formula is C23H22FN3O5. The van der Waals surface area contributed by atoms with E-state index in [1.165, 1.54) is 30.3 Å². The number of aromatic nitrogens is 1. The molecule has 3 aromatic rings. The normalized spacial score (nSPS) is 15.3. The molecule has 0 radical (unpaired) electrons. The fraction of sp³-hybridized carbons (Fsp3) is 0.261. The van der Waals surface area contributed by atoms with Gasteiger partial charge in [0.1, 0.15) is 18.2 Å². The Bertz CT molecular complexity index is 1060. The first kappa shape index (κ1) is 21.5. The number of benzene rings is 2. The van der Waals surface area contributed by atoms with Crippen LogP contribution in [0.4, 0.5) is 10.1 Å². The van der Waals surface area contributed by atoms with Crippen LogP contribution in [0.1, 0.15) is 39.4 Å². The van der Waals surface area contributed by atoms with E-state index < -0.39 is 5.82 Å². The highest BCUT2D eigenvalue weighted by Crippen LogP contribution is 2.18. The number of carbonyl (C=O) groups excluding carboxylic acids is 2. The van der Waals surface area contributed by atoms with Crippen molar-refractivity contribution in [3.63, 3.8) is 0 Å². The lowest BCUT2D eigenvalue weighted by Gasteiger charge is -2.09. The molecule has 2 N–H and O–H groups in total. The molecule has 0 aliphatic carbocycles. The zero-order valence-corrected chi connectivity index (χ0v) is 17.2. The van der Waals surface area contributed by atoms with Gasteiger partial charge in [-0.15, -0.1) is 0 Å². The van der Waals surface area contributed by atoms with Crippen molar-refractivity contribution in [2.45, 2.75) is 25.6 Å². The maximum atomic E-state index is 13.0. The molecular weight excluding hydrogens is 417 g/mol. The van der Waals surface area contributed by atoms with Gasteiger partial charge >= 0.3 is 0 Å². The maximum Gasteiger partial charge on any atom is 0.273 e. The number of amides is 2. The summed E-state index contributed by atoms with van der Waals surface area (Å²) in [6.45, 7) is 1.27. The number of nitrogens with zero attached hydrogens (tertiary/aromatic N) is 1. The fourth-order valence-corrected chi connectivity index (χ4v) is 3.18. The molecule has 1 aliphatic rings. The highest BCUT2D eigenvalue weighted by Gasteiger charge is 2.18. The Hall–Kier alpha value is -3.72. The summed E-state index contributed by atoms with van der Waals surface area (Å²) in [5.41, 5.74) is 1.10. The molecule has 1 saturated heterocycles. The van der Waals surface area contributed by atoms with E-state index in [1.807, 2.05) is 0 Å². The summed E-state index contributed by atoms with van der Waals surface area (Å²) >= 11 is 0. The van der Waals surface area contributed by atoms with Gasteiger partial charge in [0.15, 0.2) is 11.5 Å². The molecule has 0 saturated carbocycles. The molecule has 1 fully saturated rings. The minimum Gasteiger partial charge on any atom is -0.486 e. The first-order chi connectivity index (χ1) is 15.6. The Morgan fingerprint density at radius 1 is 1.09 bits per heavy atom. The van der Waals surface area contributed by atoms with Crippen LogP contribution in [0.5, 0.6) is 5.75 Å². The molecule has 1 atom stereocenters. The van der Waals surface area contributed by atoms with Crippen molar-refractivity contribution in [1.82, 2.24) is 10.5 Å². The quantitative estimate of drug-likeness (QED) is 0.557. The van der Waals surface area contributed by atoms with Crippen molar-refractivity contribution in [3.8, 4) is 5.75 Å². The fourth-order valence-electron chi connectivity index (χ4n) is 3.18. The largest absolute Gasteiger partial charge is 0.486 e. The summed E-state index contributed by atoms with van der Waals surface area (Å²) in [4.78, 5) is 24.3. The maximum absolute atomic E-state index is 13.0. The topological polar surface area (TPSA) is 103 Å². The Morgan fingerprint density at radius 3 is 2.59 bits per heavy atom. The number of nitrogens with one attached hydrogen (secondary N) is 2. The van der Waals surface area contributed by atoms with Crippen LogP contribution in [0.25, 0.3) is 0 Å². The van der Waals surface area contributed by atoms with E-state index in [-0.39, 0.29) is 30.2 Å². The standard InChI is InChI=1S/C23H22FN3O5/c24-16-5-3-15(4-6-16)22(28)26-17-7-9-18(10-8-17)31-14-20-12-21(27-32-20)23(29)25-13-19-2-1-11-30-19/h3-10,12,19H,1-2,11,13-14H2,(H,25,29)(H,26,28)/t19-/m0/s1. The molecule has 2 amide bonds. The second-order valence-corrected chi connectivity index (χ2v) is 7.30. The van der Waals surface area contributed by atoms with Crippen LogP contribution in [0.2, 0.25) is 0 Å². The van der Waals surface area contributed by atoms with Crippen LogP contribution in [0, 0.1) is 5.82 Å². The third-order valence-electron chi connectivity index (χ3n) is 4.91. The molecule has 0 spiro atoms. The summed E-state index contributed by atoms with van der Waals surface area (Å²) in [6.07, 6.45) is 2.00. The number of anilines is 1. The number of carbonyl (C=O) groups is 2. The van der Waals surface area contributed by atoms with Gasteiger partial charge in [0.2, 0.25) is 0 Å². The monoisotopic (exact) mass is 439 g/mol. The van der Waals surface area contributed by atoms with Crippen LogP contribution in [-0.4, -0.2) is 36.2 Å². The molecule has 0 bridgehead atoms. The zero-order valence-electron chi connectivity index (χ0n) is 17.2. The summed E-state index contributed by atoms with van der Waals surface area (Å²) in [5, 5.41) is 9.29. The lowest BCUT2D eigenvalue weighted by molar-refractivity contribution is 0.0850. The highest BCUT2D eigenvalue weighted by molar-refractivity contribution is 6.04. The molecule has 1 aromatic heterocycles. The van der Waals surface area contributed by atoms with E-state index >= 15 is 0 Å². The molecule has 2 aromatic carbocycles. The summed E-state index contributed by atoms with van der Waals surface area (Å²) in [5.74, 6) is -0.116. The molecule has 166 valence electrons. The zero-order chi connectivity index (χ0) is 22.3. The summed E-state index contributed by atoms with van der Waals surface area (Å²) in [7, 11) is 0. The van der Waals surface area contributed by atoms with E-state index in [0.29, 0.717) is 29.3 Å². The van der Waals surface area contributed by atoms with Crippen molar-refractivity contribution in [1.29, 1.82) is 0 Å². The molecule has 2 heterocycles. The van der Waals surface area contributed by atoms with Gasteiger partial charge in [-0.2, -0.15) is 0 Å². The minimum absolute atomic E-state index is 0.0529. The Labute approximate surface area is 183 Å². The van der Waals surface area contributed by atoms with Crippen molar-refractivity contribution in [2.24, 2.45) is 0 Å². The summed E-state index contributed by atoms with van der Waals surface area (Å²) < 4.78 is 29.2. The van der Waals surface area contributed by atoms with E-state index in [9.17, 15) is 14.0 Å². The Balaban J connectivity index is 1.25.